The Kier molecular flexibility index (Phi) is 5.16. The van der Waals surface area contributed by atoms with Gasteiger partial charge in [-0.2, -0.15) is 0 Å². The topological polar surface area (TPSA) is 71.1 Å². The van der Waals surface area contributed by atoms with Crippen molar-refractivity contribution in [1.29, 1.82) is 0 Å². The van der Waals surface area contributed by atoms with Crippen molar-refractivity contribution in [2.75, 3.05) is 14.2 Å². The molecule has 0 fully saturated rings. The molecule has 3 rings (SSSR count). The molecule has 0 unspecified atom stereocenters. The highest BCUT2D eigenvalue weighted by atomic mass is 16.6. The van der Waals surface area contributed by atoms with Crippen LogP contribution in [0.3, 0.4) is 0 Å². The molecular weight excluding hydrogens is 348 g/mol. The standard InChI is InChI=1S/C21H20O6/c1-12(2)21(23)27-16-8-5-13(9-18(16)25-4)10-19-20(22)15-7-6-14(24-3)11-17(15)26-19/h5-12H,1-4H3/b19-10-. The van der Waals surface area contributed by atoms with Crippen molar-refractivity contribution < 1.29 is 28.5 Å². The van der Waals surface area contributed by atoms with E-state index in [4.69, 9.17) is 18.9 Å². The number of hydrogen-bond donors (Lipinski definition) is 0. The van der Waals surface area contributed by atoms with Gasteiger partial charge in [-0.25, -0.2) is 0 Å². The van der Waals surface area contributed by atoms with E-state index in [0.717, 1.165) is 0 Å². The average Bonchev–Trinajstić information content (AvgIpc) is 2.97. The fourth-order valence-electron chi connectivity index (χ4n) is 2.53. The lowest BCUT2D eigenvalue weighted by atomic mass is 10.1. The van der Waals surface area contributed by atoms with Crippen LogP contribution in [0, 0.1) is 5.92 Å². The quantitative estimate of drug-likeness (QED) is 0.453. The minimum atomic E-state index is -0.349. The van der Waals surface area contributed by atoms with Crippen LogP contribution >= 0.6 is 0 Å². The lowest BCUT2D eigenvalue weighted by Gasteiger charge is -2.11. The van der Waals surface area contributed by atoms with E-state index in [9.17, 15) is 9.59 Å². The molecule has 140 valence electrons. The van der Waals surface area contributed by atoms with Gasteiger partial charge in [0.25, 0.3) is 0 Å². The second kappa shape index (κ2) is 7.53. The SMILES string of the molecule is COc1ccc2c(c1)O/C(=C\c1ccc(OC(=O)C(C)C)c(OC)c1)C2=O. The number of Topliss-reactive ketones (excluding diaryl/α,β-unsaturated/α-hetero) is 1. The predicted octanol–water partition coefficient (Wildman–Crippen LogP) is 3.88. The maximum Gasteiger partial charge on any atom is 0.313 e. The summed E-state index contributed by atoms with van der Waals surface area (Å²) in [6.45, 7) is 3.51. The lowest BCUT2D eigenvalue weighted by molar-refractivity contribution is -0.137. The molecule has 0 saturated heterocycles. The highest BCUT2D eigenvalue weighted by Gasteiger charge is 2.27. The number of esters is 1. The summed E-state index contributed by atoms with van der Waals surface area (Å²) in [5.74, 6) is 1.18. The molecule has 0 aliphatic carbocycles. The van der Waals surface area contributed by atoms with Gasteiger partial charge in [-0.15, -0.1) is 0 Å². The molecule has 2 aromatic carbocycles. The largest absolute Gasteiger partial charge is 0.497 e. The third kappa shape index (κ3) is 3.79. The van der Waals surface area contributed by atoms with Gasteiger partial charge in [0.15, 0.2) is 17.3 Å². The zero-order chi connectivity index (χ0) is 19.6. The van der Waals surface area contributed by atoms with Crippen molar-refractivity contribution in [3.05, 3.63) is 53.3 Å². The minimum absolute atomic E-state index is 0.201. The van der Waals surface area contributed by atoms with E-state index < -0.39 is 0 Å². The Balaban J connectivity index is 1.87. The Labute approximate surface area is 157 Å². The molecule has 0 spiro atoms. The number of ether oxygens (including phenoxy) is 4. The first kappa shape index (κ1) is 18.5. The van der Waals surface area contributed by atoms with Crippen molar-refractivity contribution in [2.24, 2.45) is 5.92 Å². The van der Waals surface area contributed by atoms with Crippen LogP contribution in [0.5, 0.6) is 23.0 Å². The van der Waals surface area contributed by atoms with Crippen LogP contribution in [-0.2, 0) is 4.79 Å². The second-order valence-corrected chi connectivity index (χ2v) is 6.29. The van der Waals surface area contributed by atoms with Gasteiger partial charge in [0.05, 0.1) is 25.7 Å². The summed E-state index contributed by atoms with van der Waals surface area (Å²) in [6, 6.07) is 10.1. The molecule has 0 aromatic heterocycles. The van der Waals surface area contributed by atoms with E-state index in [1.807, 2.05) is 0 Å². The maximum atomic E-state index is 12.5. The first-order chi connectivity index (χ1) is 12.9. The molecule has 1 aliphatic rings. The molecule has 0 radical (unpaired) electrons. The summed E-state index contributed by atoms with van der Waals surface area (Å²) in [4.78, 5) is 24.3. The zero-order valence-electron chi connectivity index (χ0n) is 15.6. The Bertz CT molecular complexity index is 926. The predicted molar refractivity (Wildman–Crippen MR) is 99.4 cm³/mol. The number of benzene rings is 2. The first-order valence-electron chi connectivity index (χ1n) is 8.45. The third-order valence-corrected chi connectivity index (χ3v) is 4.04. The van der Waals surface area contributed by atoms with Crippen molar-refractivity contribution in [3.8, 4) is 23.0 Å². The molecule has 2 aromatic rings. The summed E-state index contributed by atoms with van der Waals surface area (Å²) >= 11 is 0. The summed E-state index contributed by atoms with van der Waals surface area (Å²) in [5.41, 5.74) is 1.16. The molecule has 6 nitrogen and oxygen atoms in total. The number of hydrogen-bond acceptors (Lipinski definition) is 6. The van der Waals surface area contributed by atoms with E-state index in [0.29, 0.717) is 34.1 Å². The average molecular weight is 368 g/mol. The Hall–Kier alpha value is -3.28. The zero-order valence-corrected chi connectivity index (χ0v) is 15.6. The van der Waals surface area contributed by atoms with Crippen LogP contribution < -0.4 is 18.9 Å². The van der Waals surface area contributed by atoms with Crippen molar-refractivity contribution >= 4 is 17.8 Å². The molecule has 6 heteroatoms. The Morgan fingerprint density at radius 3 is 2.48 bits per heavy atom. The van der Waals surface area contributed by atoms with E-state index in [1.54, 1.807) is 63.4 Å². The number of allylic oxidation sites excluding steroid dienone is 1. The normalized spacial score (nSPS) is 14.1. The maximum absolute atomic E-state index is 12.5. The molecule has 0 atom stereocenters. The fraction of sp³-hybridized carbons (Fsp3) is 0.238. The van der Waals surface area contributed by atoms with Crippen LogP contribution in [0.15, 0.2) is 42.2 Å². The lowest BCUT2D eigenvalue weighted by Crippen LogP contribution is -2.15. The van der Waals surface area contributed by atoms with Gasteiger partial charge in [0.2, 0.25) is 5.78 Å². The molecule has 1 heterocycles. The number of rotatable bonds is 5. The smallest absolute Gasteiger partial charge is 0.313 e. The van der Waals surface area contributed by atoms with Gasteiger partial charge in [-0.05, 0) is 35.9 Å². The van der Waals surface area contributed by atoms with Crippen LogP contribution in [-0.4, -0.2) is 26.0 Å². The van der Waals surface area contributed by atoms with Crippen LogP contribution in [0.2, 0.25) is 0 Å². The summed E-state index contributed by atoms with van der Waals surface area (Å²) in [7, 11) is 3.04. The van der Waals surface area contributed by atoms with Crippen molar-refractivity contribution in [1.82, 2.24) is 0 Å². The molecule has 0 amide bonds. The number of methoxy groups -OCH3 is 2. The highest BCUT2D eigenvalue weighted by molar-refractivity contribution is 6.14. The third-order valence-electron chi connectivity index (χ3n) is 4.04. The van der Waals surface area contributed by atoms with Gasteiger partial charge in [-0.1, -0.05) is 19.9 Å². The Morgan fingerprint density at radius 2 is 1.81 bits per heavy atom. The number of carbonyl (C=O) groups excluding carboxylic acids is 2. The van der Waals surface area contributed by atoms with Gasteiger partial charge in [-0.3, -0.25) is 9.59 Å². The van der Waals surface area contributed by atoms with E-state index in [1.165, 1.54) is 7.11 Å². The summed E-state index contributed by atoms with van der Waals surface area (Å²) in [6.07, 6.45) is 1.62. The van der Waals surface area contributed by atoms with E-state index >= 15 is 0 Å². The molecule has 27 heavy (non-hydrogen) atoms. The van der Waals surface area contributed by atoms with Crippen LogP contribution in [0.4, 0.5) is 0 Å². The van der Waals surface area contributed by atoms with Crippen LogP contribution in [0.1, 0.15) is 29.8 Å². The molecule has 0 bridgehead atoms. The van der Waals surface area contributed by atoms with Crippen LogP contribution in [0.25, 0.3) is 6.08 Å². The summed E-state index contributed by atoms with van der Waals surface area (Å²) in [5, 5.41) is 0. The Morgan fingerprint density at radius 1 is 1.04 bits per heavy atom. The molecular formula is C21H20O6. The second-order valence-electron chi connectivity index (χ2n) is 6.29. The first-order valence-corrected chi connectivity index (χ1v) is 8.45. The fourth-order valence-corrected chi connectivity index (χ4v) is 2.53. The number of fused-ring (bicyclic) bond motifs is 1. The minimum Gasteiger partial charge on any atom is -0.497 e. The van der Waals surface area contributed by atoms with Gasteiger partial charge < -0.3 is 18.9 Å². The van der Waals surface area contributed by atoms with E-state index in [-0.39, 0.29) is 23.4 Å². The van der Waals surface area contributed by atoms with Crippen molar-refractivity contribution in [2.45, 2.75) is 13.8 Å². The van der Waals surface area contributed by atoms with Gasteiger partial charge >= 0.3 is 5.97 Å². The highest BCUT2D eigenvalue weighted by Crippen LogP contribution is 2.36. The van der Waals surface area contributed by atoms with Gasteiger partial charge in [0, 0.05) is 6.07 Å². The molecule has 0 N–H and O–H groups in total. The molecule has 0 saturated carbocycles. The number of ketones is 1. The van der Waals surface area contributed by atoms with Crippen molar-refractivity contribution in [3.63, 3.8) is 0 Å². The van der Waals surface area contributed by atoms with Gasteiger partial charge in [0.1, 0.15) is 11.5 Å². The molecule has 1 aliphatic heterocycles. The summed E-state index contributed by atoms with van der Waals surface area (Å²) < 4.78 is 21.4. The number of carbonyl (C=O) groups is 2. The van der Waals surface area contributed by atoms with E-state index in [2.05, 4.69) is 0 Å². The monoisotopic (exact) mass is 368 g/mol.